The number of rotatable bonds is 5. The summed E-state index contributed by atoms with van der Waals surface area (Å²) < 4.78 is 2.58. The molecule has 3 heterocycles. The van der Waals surface area contributed by atoms with Gasteiger partial charge in [0.15, 0.2) is 5.82 Å². The highest BCUT2D eigenvalue weighted by atomic mass is 35.5. The summed E-state index contributed by atoms with van der Waals surface area (Å²) in [5.74, 6) is 0.247. The predicted octanol–water partition coefficient (Wildman–Crippen LogP) is 3.13. The summed E-state index contributed by atoms with van der Waals surface area (Å²) in [6, 6.07) is 13.9. The number of hydrogen-bond acceptors (Lipinski definition) is 6. The molecule has 0 saturated carbocycles. The Hall–Kier alpha value is -3.85. The van der Waals surface area contributed by atoms with Crippen LogP contribution in [-0.2, 0) is 11.3 Å². The molecule has 0 unspecified atom stereocenters. The fourth-order valence-electron chi connectivity index (χ4n) is 4.24. The SMILES string of the molecule is Cc1ccc(N2CCN(c3nccn4c(=O)n(CC(=O)Nc5ccc(C)cc5Cl)nc34)CC2)cc1. The minimum Gasteiger partial charge on any atom is -0.368 e. The van der Waals surface area contributed by atoms with Crippen molar-refractivity contribution in [3.05, 3.63) is 81.5 Å². The van der Waals surface area contributed by atoms with Gasteiger partial charge in [-0.25, -0.2) is 18.9 Å². The predicted molar refractivity (Wildman–Crippen MR) is 138 cm³/mol. The van der Waals surface area contributed by atoms with Gasteiger partial charge >= 0.3 is 5.69 Å². The average molecular weight is 492 g/mol. The zero-order chi connectivity index (χ0) is 24.5. The maximum atomic E-state index is 12.9. The summed E-state index contributed by atoms with van der Waals surface area (Å²) in [5.41, 5.74) is 3.95. The van der Waals surface area contributed by atoms with E-state index in [1.54, 1.807) is 24.5 Å². The van der Waals surface area contributed by atoms with Crippen LogP contribution in [0.2, 0.25) is 5.02 Å². The Morgan fingerprint density at radius 2 is 1.69 bits per heavy atom. The fourth-order valence-corrected chi connectivity index (χ4v) is 4.52. The van der Waals surface area contributed by atoms with Crippen molar-refractivity contribution in [3.8, 4) is 0 Å². The van der Waals surface area contributed by atoms with E-state index >= 15 is 0 Å². The molecule has 10 heteroatoms. The summed E-state index contributed by atoms with van der Waals surface area (Å²) in [7, 11) is 0. The molecule has 35 heavy (non-hydrogen) atoms. The van der Waals surface area contributed by atoms with Crippen molar-refractivity contribution in [1.82, 2.24) is 19.2 Å². The molecule has 0 spiro atoms. The molecule has 1 aliphatic rings. The number of carbonyl (C=O) groups excluding carboxylic acids is 1. The first kappa shape index (κ1) is 22.9. The quantitative estimate of drug-likeness (QED) is 0.461. The van der Waals surface area contributed by atoms with Crippen LogP contribution in [0.4, 0.5) is 17.2 Å². The maximum absolute atomic E-state index is 12.9. The van der Waals surface area contributed by atoms with Gasteiger partial charge in [0.1, 0.15) is 6.54 Å². The Balaban J connectivity index is 1.32. The Morgan fingerprint density at radius 3 is 2.40 bits per heavy atom. The number of carbonyl (C=O) groups is 1. The number of halogens is 1. The Morgan fingerprint density at radius 1 is 1.00 bits per heavy atom. The van der Waals surface area contributed by atoms with Crippen LogP contribution in [0.5, 0.6) is 0 Å². The summed E-state index contributed by atoms with van der Waals surface area (Å²) in [6.07, 6.45) is 3.16. The van der Waals surface area contributed by atoms with E-state index in [0.29, 0.717) is 22.2 Å². The van der Waals surface area contributed by atoms with E-state index in [9.17, 15) is 9.59 Å². The Labute approximate surface area is 207 Å². The van der Waals surface area contributed by atoms with Crippen LogP contribution < -0.4 is 20.8 Å². The van der Waals surface area contributed by atoms with Crippen molar-refractivity contribution < 1.29 is 4.79 Å². The van der Waals surface area contributed by atoms with E-state index in [4.69, 9.17) is 11.6 Å². The van der Waals surface area contributed by atoms with Crippen molar-refractivity contribution in [2.75, 3.05) is 41.3 Å². The van der Waals surface area contributed by atoms with Gasteiger partial charge in [0.2, 0.25) is 11.6 Å². The number of fused-ring (bicyclic) bond motifs is 1. The minimum absolute atomic E-state index is 0.231. The zero-order valence-corrected chi connectivity index (χ0v) is 20.4. The first-order valence-corrected chi connectivity index (χ1v) is 11.8. The van der Waals surface area contributed by atoms with Crippen molar-refractivity contribution in [2.45, 2.75) is 20.4 Å². The third kappa shape index (κ3) is 4.72. The van der Waals surface area contributed by atoms with Crippen molar-refractivity contribution in [3.63, 3.8) is 0 Å². The van der Waals surface area contributed by atoms with Crippen LogP contribution in [0.1, 0.15) is 11.1 Å². The first-order chi connectivity index (χ1) is 16.9. The van der Waals surface area contributed by atoms with Crippen LogP contribution in [0.25, 0.3) is 5.65 Å². The number of benzene rings is 2. The van der Waals surface area contributed by atoms with Crippen LogP contribution in [-0.4, -0.2) is 51.3 Å². The van der Waals surface area contributed by atoms with E-state index in [-0.39, 0.29) is 12.5 Å². The molecule has 5 rings (SSSR count). The molecule has 1 N–H and O–H groups in total. The van der Waals surface area contributed by atoms with Gasteiger partial charge in [0.05, 0.1) is 10.7 Å². The standard InChI is InChI=1S/C25H26ClN7O2/c1-17-3-6-19(7-4-17)30-11-13-31(14-12-30)23-24-29-33(25(35)32(24)10-9-27-23)16-22(34)28-21-8-5-18(2)15-20(21)26/h3-10,15H,11-14,16H2,1-2H3,(H,28,34). The number of hydrogen-bond donors (Lipinski definition) is 1. The van der Waals surface area contributed by atoms with Gasteiger partial charge in [-0.05, 0) is 43.7 Å². The number of anilines is 3. The van der Waals surface area contributed by atoms with E-state index in [1.807, 2.05) is 13.0 Å². The summed E-state index contributed by atoms with van der Waals surface area (Å²) in [6.45, 7) is 6.92. The Bertz CT molecular complexity index is 1440. The lowest BCUT2D eigenvalue weighted by molar-refractivity contribution is -0.117. The summed E-state index contributed by atoms with van der Waals surface area (Å²) >= 11 is 6.21. The summed E-state index contributed by atoms with van der Waals surface area (Å²) in [4.78, 5) is 34.5. The highest BCUT2D eigenvalue weighted by Gasteiger charge is 2.23. The fraction of sp³-hybridized carbons (Fsp3) is 0.280. The zero-order valence-electron chi connectivity index (χ0n) is 19.6. The largest absolute Gasteiger partial charge is 0.368 e. The summed E-state index contributed by atoms with van der Waals surface area (Å²) in [5, 5.41) is 7.64. The second-order valence-electron chi connectivity index (χ2n) is 8.73. The minimum atomic E-state index is -0.396. The number of aryl methyl sites for hydroxylation is 2. The normalized spacial score (nSPS) is 13.9. The van der Waals surface area contributed by atoms with Crippen molar-refractivity contribution in [1.29, 1.82) is 0 Å². The number of piperazine rings is 1. The average Bonchev–Trinajstić information content (AvgIpc) is 3.17. The molecular weight excluding hydrogens is 466 g/mol. The van der Waals surface area contributed by atoms with Crippen LogP contribution in [0.3, 0.4) is 0 Å². The number of aromatic nitrogens is 4. The van der Waals surface area contributed by atoms with Crippen molar-refractivity contribution >= 4 is 40.3 Å². The van der Waals surface area contributed by atoms with Gasteiger partial charge in [-0.1, -0.05) is 35.4 Å². The van der Waals surface area contributed by atoms with Crippen LogP contribution >= 0.6 is 11.6 Å². The topological polar surface area (TPSA) is 87.8 Å². The molecule has 1 saturated heterocycles. The monoisotopic (exact) mass is 491 g/mol. The van der Waals surface area contributed by atoms with Gasteiger partial charge < -0.3 is 15.1 Å². The van der Waals surface area contributed by atoms with E-state index in [1.165, 1.54) is 15.7 Å². The molecule has 2 aromatic heterocycles. The van der Waals surface area contributed by atoms with Crippen LogP contribution in [0, 0.1) is 13.8 Å². The molecule has 1 aliphatic heterocycles. The number of nitrogens with one attached hydrogen (secondary N) is 1. The van der Waals surface area contributed by atoms with Gasteiger partial charge in [0, 0.05) is 44.3 Å². The van der Waals surface area contributed by atoms with E-state index in [0.717, 1.165) is 36.4 Å². The third-order valence-corrected chi connectivity index (χ3v) is 6.47. The van der Waals surface area contributed by atoms with E-state index < -0.39 is 5.69 Å². The molecule has 2 aromatic carbocycles. The molecule has 0 aliphatic carbocycles. The molecule has 180 valence electrons. The van der Waals surface area contributed by atoms with Gasteiger partial charge in [-0.2, -0.15) is 0 Å². The lowest BCUT2D eigenvalue weighted by Crippen LogP contribution is -2.47. The highest BCUT2D eigenvalue weighted by Crippen LogP contribution is 2.23. The number of nitrogens with zero attached hydrogens (tertiary/aromatic N) is 6. The van der Waals surface area contributed by atoms with Crippen molar-refractivity contribution in [2.24, 2.45) is 0 Å². The molecule has 4 aromatic rings. The molecule has 1 fully saturated rings. The smallest absolute Gasteiger partial charge is 0.350 e. The molecular formula is C25H26ClN7O2. The van der Waals surface area contributed by atoms with Gasteiger partial charge in [0.25, 0.3) is 0 Å². The second-order valence-corrected chi connectivity index (χ2v) is 9.13. The van der Waals surface area contributed by atoms with E-state index in [2.05, 4.69) is 56.4 Å². The highest BCUT2D eigenvalue weighted by molar-refractivity contribution is 6.33. The molecule has 0 radical (unpaired) electrons. The second kappa shape index (κ2) is 9.42. The Kier molecular flexibility index (Phi) is 6.17. The molecule has 1 amide bonds. The molecule has 9 nitrogen and oxygen atoms in total. The molecule has 0 atom stereocenters. The van der Waals surface area contributed by atoms with Gasteiger partial charge in [-0.3, -0.25) is 4.79 Å². The molecule has 0 bridgehead atoms. The lowest BCUT2D eigenvalue weighted by Gasteiger charge is -2.36. The van der Waals surface area contributed by atoms with Gasteiger partial charge in [-0.15, -0.1) is 5.10 Å². The third-order valence-electron chi connectivity index (χ3n) is 6.15. The lowest BCUT2D eigenvalue weighted by atomic mass is 10.2. The van der Waals surface area contributed by atoms with Crippen LogP contribution in [0.15, 0.2) is 59.7 Å². The maximum Gasteiger partial charge on any atom is 0.350 e. The number of amides is 1. The first-order valence-electron chi connectivity index (χ1n) is 11.5.